The van der Waals surface area contributed by atoms with Gasteiger partial charge in [0.05, 0.1) is 18.7 Å². The summed E-state index contributed by atoms with van der Waals surface area (Å²) in [6, 6.07) is 13.1. The van der Waals surface area contributed by atoms with Crippen molar-refractivity contribution in [2.75, 3.05) is 14.2 Å². The van der Waals surface area contributed by atoms with E-state index in [1.807, 2.05) is 6.07 Å². The van der Waals surface area contributed by atoms with Gasteiger partial charge in [-0.25, -0.2) is 4.39 Å². The summed E-state index contributed by atoms with van der Waals surface area (Å²) in [5.74, 6) is -0.0395. The number of methoxy groups -OCH3 is 1. The fourth-order valence-corrected chi connectivity index (χ4v) is 2.33. The number of benzene rings is 2. The number of amides is 1. The fraction of sp³-hybridized carbons (Fsp3) is 0.263. The minimum absolute atomic E-state index is 0.162. The fourth-order valence-electron chi connectivity index (χ4n) is 2.33. The van der Waals surface area contributed by atoms with Gasteiger partial charge in [-0.15, -0.1) is 0 Å². The lowest BCUT2D eigenvalue weighted by atomic mass is 10.2. The van der Waals surface area contributed by atoms with Crippen LogP contribution in [0.15, 0.2) is 42.5 Å². The molecule has 6 heteroatoms. The van der Waals surface area contributed by atoms with E-state index in [0.717, 1.165) is 0 Å². The van der Waals surface area contributed by atoms with E-state index < -0.39 is 11.9 Å². The second-order valence-electron chi connectivity index (χ2n) is 5.56. The zero-order valence-corrected chi connectivity index (χ0v) is 14.3. The van der Waals surface area contributed by atoms with Crippen LogP contribution in [0.5, 0.6) is 11.5 Å². The predicted molar refractivity (Wildman–Crippen MR) is 90.7 cm³/mol. The van der Waals surface area contributed by atoms with Crippen molar-refractivity contribution in [3.05, 3.63) is 59.4 Å². The van der Waals surface area contributed by atoms with Crippen LogP contribution >= 0.6 is 0 Å². The lowest BCUT2D eigenvalue weighted by molar-refractivity contribution is -0.137. The van der Waals surface area contributed by atoms with E-state index in [0.29, 0.717) is 16.9 Å². The number of likely N-dealkylation sites (N-methyl/N-ethyl adjacent to an activating group) is 1. The summed E-state index contributed by atoms with van der Waals surface area (Å²) >= 11 is 0. The van der Waals surface area contributed by atoms with Gasteiger partial charge in [-0.1, -0.05) is 6.07 Å². The zero-order valence-electron chi connectivity index (χ0n) is 14.3. The Labute approximate surface area is 146 Å². The van der Waals surface area contributed by atoms with Gasteiger partial charge in [0.25, 0.3) is 5.91 Å². The molecule has 0 aliphatic rings. The van der Waals surface area contributed by atoms with Crippen molar-refractivity contribution in [2.45, 2.75) is 19.6 Å². The molecular formula is C19H19FN2O3. The van der Waals surface area contributed by atoms with Crippen LogP contribution in [-0.4, -0.2) is 31.1 Å². The van der Waals surface area contributed by atoms with Gasteiger partial charge in [0, 0.05) is 13.6 Å². The van der Waals surface area contributed by atoms with Gasteiger partial charge < -0.3 is 14.4 Å². The molecule has 0 bridgehead atoms. The lowest BCUT2D eigenvalue weighted by Crippen LogP contribution is -2.37. The molecule has 0 saturated heterocycles. The molecule has 0 heterocycles. The molecule has 0 N–H and O–H groups in total. The van der Waals surface area contributed by atoms with E-state index in [-0.39, 0.29) is 18.2 Å². The van der Waals surface area contributed by atoms with Crippen LogP contribution in [0.1, 0.15) is 18.1 Å². The number of carbonyl (C=O) groups is 1. The van der Waals surface area contributed by atoms with Crippen LogP contribution in [0, 0.1) is 17.1 Å². The molecule has 1 amide bonds. The monoisotopic (exact) mass is 342 g/mol. The maximum atomic E-state index is 13.7. The van der Waals surface area contributed by atoms with Gasteiger partial charge in [0.15, 0.2) is 17.7 Å². The predicted octanol–water partition coefficient (Wildman–Crippen LogP) is 3.13. The Morgan fingerprint density at radius 2 is 1.96 bits per heavy atom. The number of rotatable bonds is 6. The molecule has 25 heavy (non-hydrogen) atoms. The standard InChI is InChI=1S/C19H19FN2O3/c1-13(25-16-7-4-14(11-21)5-8-16)19(23)22(2)12-15-6-9-18(24-3)17(20)10-15/h4-10,13H,12H2,1-3H3. The Bertz CT molecular complexity index is 784. The first-order chi connectivity index (χ1) is 11.9. The average Bonchev–Trinajstić information content (AvgIpc) is 2.61. The number of ether oxygens (including phenoxy) is 2. The second-order valence-corrected chi connectivity index (χ2v) is 5.56. The van der Waals surface area contributed by atoms with Gasteiger partial charge >= 0.3 is 0 Å². The topological polar surface area (TPSA) is 62.6 Å². The third-order valence-corrected chi connectivity index (χ3v) is 3.66. The first-order valence-electron chi connectivity index (χ1n) is 7.68. The highest BCUT2D eigenvalue weighted by Gasteiger charge is 2.19. The number of nitrogens with zero attached hydrogens (tertiary/aromatic N) is 2. The van der Waals surface area contributed by atoms with Gasteiger partial charge in [-0.2, -0.15) is 5.26 Å². The van der Waals surface area contributed by atoms with Crippen LogP contribution in [0.25, 0.3) is 0 Å². The van der Waals surface area contributed by atoms with E-state index in [1.54, 1.807) is 44.3 Å². The van der Waals surface area contributed by atoms with Gasteiger partial charge in [-0.3, -0.25) is 4.79 Å². The van der Waals surface area contributed by atoms with Crippen molar-refractivity contribution in [2.24, 2.45) is 0 Å². The Balaban J connectivity index is 1.98. The SMILES string of the molecule is COc1ccc(CN(C)C(=O)C(C)Oc2ccc(C#N)cc2)cc1F. The van der Waals surface area contributed by atoms with Crippen LogP contribution in [0.3, 0.4) is 0 Å². The number of halogens is 1. The number of nitriles is 1. The molecule has 0 radical (unpaired) electrons. The Kier molecular flexibility index (Phi) is 5.96. The van der Waals surface area contributed by atoms with Gasteiger partial charge in [-0.05, 0) is 48.9 Å². The van der Waals surface area contributed by atoms with Crippen LogP contribution < -0.4 is 9.47 Å². The molecule has 0 saturated carbocycles. The molecular weight excluding hydrogens is 323 g/mol. The summed E-state index contributed by atoms with van der Waals surface area (Å²) in [4.78, 5) is 13.9. The molecule has 0 aliphatic heterocycles. The highest BCUT2D eigenvalue weighted by Crippen LogP contribution is 2.19. The molecule has 2 aromatic carbocycles. The number of carbonyl (C=O) groups excluding carboxylic acids is 1. The molecule has 1 atom stereocenters. The van der Waals surface area contributed by atoms with Crippen molar-refractivity contribution in [3.8, 4) is 17.6 Å². The second kappa shape index (κ2) is 8.15. The van der Waals surface area contributed by atoms with E-state index >= 15 is 0 Å². The lowest BCUT2D eigenvalue weighted by Gasteiger charge is -2.22. The molecule has 1 unspecified atom stereocenters. The van der Waals surface area contributed by atoms with E-state index in [1.165, 1.54) is 24.1 Å². The van der Waals surface area contributed by atoms with Crippen molar-refractivity contribution in [3.63, 3.8) is 0 Å². The molecule has 0 fully saturated rings. The molecule has 0 aliphatic carbocycles. The van der Waals surface area contributed by atoms with Crippen LogP contribution in [-0.2, 0) is 11.3 Å². The minimum Gasteiger partial charge on any atom is -0.494 e. The minimum atomic E-state index is -0.707. The van der Waals surface area contributed by atoms with Crippen molar-refractivity contribution >= 4 is 5.91 Å². The molecule has 5 nitrogen and oxygen atoms in total. The maximum absolute atomic E-state index is 13.7. The summed E-state index contributed by atoms with van der Waals surface area (Å²) in [6.45, 7) is 1.90. The van der Waals surface area contributed by atoms with E-state index in [2.05, 4.69) is 0 Å². The Hall–Kier alpha value is -3.07. The third-order valence-electron chi connectivity index (χ3n) is 3.66. The third kappa shape index (κ3) is 4.70. The summed E-state index contributed by atoms with van der Waals surface area (Å²) in [6.07, 6.45) is -0.707. The highest BCUT2D eigenvalue weighted by atomic mass is 19.1. The molecule has 2 rings (SSSR count). The zero-order chi connectivity index (χ0) is 18.4. The highest BCUT2D eigenvalue weighted by molar-refractivity contribution is 5.80. The normalized spacial score (nSPS) is 11.3. The van der Waals surface area contributed by atoms with E-state index in [4.69, 9.17) is 14.7 Å². The summed E-state index contributed by atoms with van der Waals surface area (Å²) in [5, 5.41) is 8.78. The summed E-state index contributed by atoms with van der Waals surface area (Å²) < 4.78 is 24.2. The van der Waals surface area contributed by atoms with Gasteiger partial charge in [0.1, 0.15) is 5.75 Å². The van der Waals surface area contributed by atoms with Crippen molar-refractivity contribution in [1.82, 2.24) is 4.90 Å². The van der Waals surface area contributed by atoms with Crippen LogP contribution in [0.4, 0.5) is 4.39 Å². The number of hydrogen-bond donors (Lipinski definition) is 0. The molecule has 130 valence electrons. The first-order valence-corrected chi connectivity index (χ1v) is 7.68. The maximum Gasteiger partial charge on any atom is 0.263 e. The Morgan fingerprint density at radius 1 is 1.28 bits per heavy atom. The summed E-state index contributed by atoms with van der Waals surface area (Å²) in [5.41, 5.74) is 1.17. The van der Waals surface area contributed by atoms with Crippen molar-refractivity contribution in [1.29, 1.82) is 5.26 Å². The van der Waals surface area contributed by atoms with Crippen LogP contribution in [0.2, 0.25) is 0 Å². The Morgan fingerprint density at radius 3 is 2.52 bits per heavy atom. The quantitative estimate of drug-likeness (QED) is 0.809. The van der Waals surface area contributed by atoms with Crippen molar-refractivity contribution < 1.29 is 18.7 Å². The average molecular weight is 342 g/mol. The molecule has 0 aromatic heterocycles. The largest absolute Gasteiger partial charge is 0.494 e. The molecule has 0 spiro atoms. The first kappa shape index (κ1) is 18.3. The number of hydrogen-bond acceptors (Lipinski definition) is 4. The van der Waals surface area contributed by atoms with E-state index in [9.17, 15) is 9.18 Å². The molecule has 2 aromatic rings. The van der Waals surface area contributed by atoms with Gasteiger partial charge in [0.2, 0.25) is 0 Å². The smallest absolute Gasteiger partial charge is 0.263 e. The summed E-state index contributed by atoms with van der Waals surface area (Å²) in [7, 11) is 3.03.